The van der Waals surface area contributed by atoms with Crippen molar-refractivity contribution in [3.8, 4) is 5.75 Å². The summed E-state index contributed by atoms with van der Waals surface area (Å²) in [4.78, 5) is 18.1. The van der Waals surface area contributed by atoms with E-state index in [0.717, 1.165) is 45.0 Å². The van der Waals surface area contributed by atoms with Gasteiger partial charge in [0.15, 0.2) is 11.3 Å². The highest BCUT2D eigenvalue weighted by atomic mass is 79.9. The van der Waals surface area contributed by atoms with Gasteiger partial charge in [-0.25, -0.2) is 5.01 Å². The molecule has 0 bridgehead atoms. The summed E-state index contributed by atoms with van der Waals surface area (Å²) in [6, 6.07) is 13.6. The van der Waals surface area contributed by atoms with Gasteiger partial charge in [-0.05, 0) is 43.7 Å². The van der Waals surface area contributed by atoms with Crippen LogP contribution in [0.5, 0.6) is 5.75 Å². The average molecular weight is 487 g/mol. The molecule has 0 saturated heterocycles. The number of benzene rings is 2. The quantitative estimate of drug-likeness (QED) is 0.634. The van der Waals surface area contributed by atoms with Gasteiger partial charge in [0, 0.05) is 21.0 Å². The Morgan fingerprint density at radius 2 is 2.10 bits per heavy atom. The number of hydrogen-bond donors (Lipinski definition) is 1. The number of nitrogens with one attached hydrogen (secondary N) is 1. The minimum Gasteiger partial charge on any atom is -0.494 e. The van der Waals surface area contributed by atoms with Gasteiger partial charge in [-0.2, -0.15) is 0 Å². The van der Waals surface area contributed by atoms with E-state index in [1.54, 1.807) is 16.8 Å². The lowest BCUT2D eigenvalue weighted by molar-refractivity contribution is -0.116. The molecular formula is C22H23BrN4O2S. The number of carbonyl (C=O) groups excluding carboxylic acids is 1. The zero-order valence-corrected chi connectivity index (χ0v) is 19.3. The Hall–Kier alpha value is -2.32. The number of amidine groups is 1. The molecule has 30 heavy (non-hydrogen) atoms. The Bertz CT molecular complexity index is 1120. The second-order valence-electron chi connectivity index (χ2n) is 6.92. The smallest absolute Gasteiger partial charge is 0.276 e. The Morgan fingerprint density at radius 3 is 2.90 bits per heavy atom. The van der Waals surface area contributed by atoms with Crippen LogP contribution < -0.4 is 20.6 Å². The highest BCUT2D eigenvalue weighted by Gasteiger charge is 2.34. The molecule has 0 unspecified atom stereocenters. The summed E-state index contributed by atoms with van der Waals surface area (Å²) in [5.74, 6) is 1.52. The molecule has 1 atom stereocenters. The van der Waals surface area contributed by atoms with E-state index >= 15 is 0 Å². The highest BCUT2D eigenvalue weighted by molar-refractivity contribution is 9.10. The van der Waals surface area contributed by atoms with Crippen LogP contribution in [-0.4, -0.2) is 28.4 Å². The van der Waals surface area contributed by atoms with Crippen molar-refractivity contribution >= 4 is 44.5 Å². The molecule has 2 aliphatic heterocycles. The van der Waals surface area contributed by atoms with Crippen molar-refractivity contribution in [2.75, 3.05) is 12.4 Å². The summed E-state index contributed by atoms with van der Waals surface area (Å²) in [6.07, 6.45) is 1.72. The highest BCUT2D eigenvalue weighted by Crippen LogP contribution is 2.32. The molecule has 2 aliphatic rings. The first kappa shape index (κ1) is 20.9. The summed E-state index contributed by atoms with van der Waals surface area (Å²) >= 11 is 5.07. The summed E-state index contributed by atoms with van der Waals surface area (Å²) in [5, 5.41) is 11.6. The molecule has 2 aromatic rings. The molecule has 156 valence electrons. The fourth-order valence-corrected chi connectivity index (χ4v) is 4.68. The van der Waals surface area contributed by atoms with E-state index < -0.39 is 6.17 Å². The number of fused-ring (bicyclic) bond motifs is 2. The first-order valence-corrected chi connectivity index (χ1v) is 11.8. The van der Waals surface area contributed by atoms with Gasteiger partial charge < -0.3 is 4.74 Å². The predicted octanol–water partition coefficient (Wildman–Crippen LogP) is 3.52. The number of nitrogens with zero attached hydrogens (tertiary/aromatic N) is 3. The van der Waals surface area contributed by atoms with Crippen LogP contribution in [0, 0.1) is 0 Å². The zero-order chi connectivity index (χ0) is 21.1. The third-order valence-corrected chi connectivity index (χ3v) is 6.22. The number of thioether (sulfide) groups is 1. The first-order valence-electron chi connectivity index (χ1n) is 10.0. The van der Waals surface area contributed by atoms with Crippen molar-refractivity contribution in [3.63, 3.8) is 0 Å². The monoisotopic (exact) mass is 486 g/mol. The second-order valence-corrected chi connectivity index (χ2v) is 8.92. The Morgan fingerprint density at radius 1 is 1.23 bits per heavy atom. The summed E-state index contributed by atoms with van der Waals surface area (Å²) in [7, 11) is 0. The van der Waals surface area contributed by atoms with Gasteiger partial charge >= 0.3 is 0 Å². The molecule has 2 aromatic carbocycles. The van der Waals surface area contributed by atoms with Gasteiger partial charge in [0.2, 0.25) is 0 Å². The number of rotatable bonds is 6. The standard InChI is InChI=1S/C22H23BrN4O2S/c1-3-5-11-30-22-25-21(28)19-17-13-15(23)9-10-18(17)24-20(27(19)26-22)14-7-6-8-16(12-14)29-4-2/h6-10,12-13,20H,3-5,11H2,1-2H3,(H,25,26,28)/t20-/m1/s1. The fourth-order valence-electron chi connectivity index (χ4n) is 3.38. The van der Waals surface area contributed by atoms with E-state index in [9.17, 15) is 4.79 Å². The molecule has 0 spiro atoms. The van der Waals surface area contributed by atoms with Crippen LogP contribution in [0.3, 0.4) is 0 Å². The average Bonchev–Trinajstić information content (AvgIpc) is 2.73. The Balaban J connectivity index is 1.84. The lowest BCUT2D eigenvalue weighted by Crippen LogP contribution is -2.50. The largest absolute Gasteiger partial charge is 0.494 e. The van der Waals surface area contributed by atoms with Gasteiger partial charge in [-0.15, -0.1) is 5.10 Å². The van der Waals surface area contributed by atoms with Crippen molar-refractivity contribution in [2.45, 2.75) is 32.9 Å². The number of halogens is 1. The number of carbonyl (C=O) groups is 1. The SMILES string of the molecule is CCCCSC1=NN2C(=c3cc(Br)ccc3=N[C@H]2c2cccc(OCC)c2)C(=O)N1. The minimum absolute atomic E-state index is 0.163. The maximum atomic E-state index is 13.1. The van der Waals surface area contributed by atoms with E-state index in [1.807, 2.05) is 49.4 Å². The molecule has 0 radical (unpaired) electrons. The second kappa shape index (κ2) is 9.22. The van der Waals surface area contributed by atoms with Gasteiger partial charge in [0.05, 0.1) is 12.0 Å². The molecule has 0 saturated carbocycles. The van der Waals surface area contributed by atoms with Gasteiger partial charge in [0.1, 0.15) is 11.4 Å². The van der Waals surface area contributed by atoms with Crippen LogP contribution in [0.15, 0.2) is 57.0 Å². The summed E-state index contributed by atoms with van der Waals surface area (Å²) < 4.78 is 6.56. The summed E-state index contributed by atoms with van der Waals surface area (Å²) in [6.45, 7) is 4.69. The number of amides is 1. The molecule has 0 aromatic heterocycles. The van der Waals surface area contributed by atoms with E-state index in [-0.39, 0.29) is 5.91 Å². The molecule has 2 heterocycles. The molecular weight excluding hydrogens is 464 g/mol. The van der Waals surface area contributed by atoms with Gasteiger partial charge in [-0.3, -0.25) is 15.1 Å². The number of ether oxygens (including phenoxy) is 1. The van der Waals surface area contributed by atoms with Crippen LogP contribution in [0.25, 0.3) is 5.70 Å². The van der Waals surface area contributed by atoms with E-state index in [0.29, 0.717) is 17.5 Å². The van der Waals surface area contributed by atoms with Crippen molar-refractivity contribution in [1.29, 1.82) is 0 Å². The predicted molar refractivity (Wildman–Crippen MR) is 123 cm³/mol. The van der Waals surface area contributed by atoms with Crippen molar-refractivity contribution < 1.29 is 9.53 Å². The Labute approximate surface area is 188 Å². The third kappa shape index (κ3) is 4.25. The van der Waals surface area contributed by atoms with Crippen LogP contribution in [0.2, 0.25) is 0 Å². The fraction of sp³-hybridized carbons (Fsp3) is 0.318. The van der Waals surface area contributed by atoms with Crippen LogP contribution >= 0.6 is 27.7 Å². The first-order chi connectivity index (χ1) is 14.6. The van der Waals surface area contributed by atoms with E-state index in [2.05, 4.69) is 28.2 Å². The molecule has 0 fully saturated rings. The third-order valence-electron chi connectivity index (χ3n) is 4.77. The zero-order valence-electron chi connectivity index (χ0n) is 16.9. The topological polar surface area (TPSA) is 66.3 Å². The van der Waals surface area contributed by atoms with Crippen LogP contribution in [-0.2, 0) is 4.79 Å². The summed E-state index contributed by atoms with van der Waals surface area (Å²) in [5.41, 5.74) is 1.43. The number of hydrogen-bond acceptors (Lipinski definition) is 6. The lowest BCUT2D eigenvalue weighted by atomic mass is 10.1. The molecule has 1 N–H and O–H groups in total. The van der Waals surface area contributed by atoms with Gasteiger partial charge in [0.25, 0.3) is 5.91 Å². The minimum atomic E-state index is -0.443. The number of hydrazone groups is 1. The molecule has 8 heteroatoms. The molecule has 1 amide bonds. The van der Waals surface area contributed by atoms with Gasteiger partial charge in [-0.1, -0.05) is 53.2 Å². The van der Waals surface area contributed by atoms with E-state index in [1.165, 1.54) is 0 Å². The maximum absolute atomic E-state index is 13.1. The van der Waals surface area contributed by atoms with Crippen LogP contribution in [0.4, 0.5) is 0 Å². The maximum Gasteiger partial charge on any atom is 0.276 e. The van der Waals surface area contributed by atoms with Crippen molar-refractivity contribution in [3.05, 3.63) is 63.1 Å². The van der Waals surface area contributed by atoms with E-state index in [4.69, 9.17) is 14.8 Å². The lowest BCUT2D eigenvalue weighted by Gasteiger charge is -2.34. The van der Waals surface area contributed by atoms with Crippen molar-refractivity contribution in [1.82, 2.24) is 10.3 Å². The number of unbranched alkanes of at least 4 members (excludes halogenated alkanes) is 1. The molecule has 4 rings (SSSR count). The normalized spacial score (nSPS) is 17.5. The molecule has 0 aliphatic carbocycles. The Kier molecular flexibility index (Phi) is 6.43. The molecule has 6 nitrogen and oxygen atoms in total. The van der Waals surface area contributed by atoms with Crippen molar-refractivity contribution in [2.24, 2.45) is 10.1 Å². The van der Waals surface area contributed by atoms with Crippen LogP contribution in [0.1, 0.15) is 38.4 Å².